The Kier molecular flexibility index (Phi) is 5.87. The molecule has 1 unspecified atom stereocenters. The maximum absolute atomic E-state index is 12.3. The molecule has 2 aliphatic rings. The Balaban J connectivity index is 1.51. The van der Waals surface area contributed by atoms with E-state index in [0.717, 1.165) is 50.9 Å². The minimum atomic E-state index is -0.177. The lowest BCUT2D eigenvalue weighted by molar-refractivity contribution is 0.0209. The van der Waals surface area contributed by atoms with Crippen molar-refractivity contribution in [1.29, 1.82) is 0 Å². The van der Waals surface area contributed by atoms with Crippen molar-refractivity contribution >= 4 is 17.5 Å². The molecule has 2 fully saturated rings. The van der Waals surface area contributed by atoms with Gasteiger partial charge in [-0.3, -0.25) is 4.90 Å². The van der Waals surface area contributed by atoms with Crippen molar-refractivity contribution in [1.82, 2.24) is 15.2 Å². The van der Waals surface area contributed by atoms with Crippen LogP contribution >= 0.6 is 0 Å². The predicted molar refractivity (Wildman–Crippen MR) is 94.6 cm³/mol. The van der Waals surface area contributed by atoms with Gasteiger partial charge in [-0.2, -0.15) is 0 Å². The van der Waals surface area contributed by atoms with Crippen molar-refractivity contribution in [3.8, 4) is 0 Å². The second-order valence-corrected chi connectivity index (χ2v) is 6.40. The van der Waals surface area contributed by atoms with Crippen LogP contribution in [0.25, 0.3) is 0 Å². The van der Waals surface area contributed by atoms with Gasteiger partial charge in [0.2, 0.25) is 0 Å². The Labute approximate surface area is 143 Å². The number of urea groups is 1. The minimum absolute atomic E-state index is 0.177. The van der Waals surface area contributed by atoms with Crippen LogP contribution in [0.2, 0.25) is 0 Å². The molecule has 3 heterocycles. The smallest absolute Gasteiger partial charge is 0.319 e. The van der Waals surface area contributed by atoms with E-state index in [1.165, 1.54) is 12.8 Å². The highest BCUT2D eigenvalue weighted by atomic mass is 16.5. The average Bonchev–Trinajstić information content (AvgIpc) is 3.15. The van der Waals surface area contributed by atoms with Crippen LogP contribution in [0.4, 0.5) is 16.3 Å². The highest BCUT2D eigenvalue weighted by molar-refractivity contribution is 5.92. The van der Waals surface area contributed by atoms with E-state index in [2.05, 4.69) is 32.3 Å². The molecule has 2 saturated heterocycles. The summed E-state index contributed by atoms with van der Waals surface area (Å²) in [4.78, 5) is 21.3. The second kappa shape index (κ2) is 8.30. The first kappa shape index (κ1) is 17.0. The third-order valence-electron chi connectivity index (χ3n) is 4.67. The van der Waals surface area contributed by atoms with Crippen molar-refractivity contribution < 1.29 is 9.53 Å². The first-order chi connectivity index (χ1) is 11.7. The molecule has 0 aromatic carbocycles. The Morgan fingerprint density at radius 2 is 2.04 bits per heavy atom. The van der Waals surface area contributed by atoms with Crippen LogP contribution in [-0.4, -0.2) is 67.9 Å². The molecule has 1 aromatic rings. The molecule has 0 spiro atoms. The second-order valence-electron chi connectivity index (χ2n) is 6.40. The molecule has 0 radical (unpaired) electrons. The van der Waals surface area contributed by atoms with E-state index in [-0.39, 0.29) is 6.03 Å². The molecule has 1 aromatic heterocycles. The maximum Gasteiger partial charge on any atom is 0.319 e. The molecule has 2 amide bonds. The summed E-state index contributed by atoms with van der Waals surface area (Å²) in [6.07, 6.45) is 4.13. The van der Waals surface area contributed by atoms with E-state index in [9.17, 15) is 4.79 Å². The van der Waals surface area contributed by atoms with Gasteiger partial charge in [-0.1, -0.05) is 0 Å². The summed E-state index contributed by atoms with van der Waals surface area (Å²) in [5.41, 5.74) is 0.774. The van der Waals surface area contributed by atoms with Crippen LogP contribution in [0.3, 0.4) is 0 Å². The average molecular weight is 333 g/mol. The normalized spacial score (nSPS) is 20.0. The van der Waals surface area contributed by atoms with Gasteiger partial charge in [0.1, 0.15) is 0 Å². The number of nitrogens with zero attached hydrogens (tertiary/aromatic N) is 3. The number of hydrogen-bond acceptors (Lipinski definition) is 5. The number of carbonyl (C=O) groups excluding carboxylic acids is 1. The zero-order valence-electron chi connectivity index (χ0n) is 14.3. The van der Waals surface area contributed by atoms with Crippen LogP contribution in [0.1, 0.15) is 19.8 Å². The van der Waals surface area contributed by atoms with Gasteiger partial charge in [-0.25, -0.2) is 9.78 Å². The number of nitrogens with one attached hydrogen (secondary N) is 2. The molecule has 3 rings (SSSR count). The third-order valence-corrected chi connectivity index (χ3v) is 4.67. The first-order valence-electron chi connectivity index (χ1n) is 8.80. The molecule has 24 heavy (non-hydrogen) atoms. The lowest BCUT2D eigenvalue weighted by atomic mass is 10.2. The van der Waals surface area contributed by atoms with Gasteiger partial charge in [-0.05, 0) is 31.9 Å². The molecular weight excluding hydrogens is 306 g/mol. The fourth-order valence-electron chi connectivity index (χ4n) is 3.23. The summed E-state index contributed by atoms with van der Waals surface area (Å²) in [6.45, 7) is 8.13. The number of amides is 2. The highest BCUT2D eigenvalue weighted by Crippen LogP contribution is 2.25. The number of ether oxygens (including phenoxy) is 1. The Bertz CT molecular complexity index is 542. The van der Waals surface area contributed by atoms with Gasteiger partial charge in [0.05, 0.1) is 18.9 Å². The van der Waals surface area contributed by atoms with Gasteiger partial charge in [0.25, 0.3) is 0 Å². The van der Waals surface area contributed by atoms with Crippen molar-refractivity contribution in [3.05, 3.63) is 18.3 Å². The quantitative estimate of drug-likeness (QED) is 0.855. The molecule has 0 aliphatic carbocycles. The fraction of sp³-hybridized carbons (Fsp3) is 0.647. The summed E-state index contributed by atoms with van der Waals surface area (Å²) in [6, 6.07) is 3.88. The van der Waals surface area contributed by atoms with Crippen molar-refractivity contribution in [2.75, 3.05) is 56.2 Å². The van der Waals surface area contributed by atoms with Crippen molar-refractivity contribution in [3.63, 3.8) is 0 Å². The van der Waals surface area contributed by atoms with Crippen LogP contribution in [0.5, 0.6) is 0 Å². The fourth-order valence-corrected chi connectivity index (χ4v) is 3.23. The topological polar surface area (TPSA) is 69.7 Å². The summed E-state index contributed by atoms with van der Waals surface area (Å²) in [7, 11) is 0. The third kappa shape index (κ3) is 4.36. The number of aromatic nitrogens is 1. The number of morpholine rings is 1. The van der Waals surface area contributed by atoms with Gasteiger partial charge in [0.15, 0.2) is 5.82 Å². The molecule has 132 valence electrons. The maximum atomic E-state index is 12.3. The number of anilines is 2. The molecular formula is C17H27N5O2. The molecule has 0 saturated carbocycles. The molecule has 0 bridgehead atoms. The summed E-state index contributed by atoms with van der Waals surface area (Å²) in [5.74, 6) is 0.867. The van der Waals surface area contributed by atoms with Crippen LogP contribution in [0.15, 0.2) is 18.3 Å². The largest absolute Gasteiger partial charge is 0.379 e. The van der Waals surface area contributed by atoms with Crippen molar-refractivity contribution in [2.45, 2.75) is 25.8 Å². The van der Waals surface area contributed by atoms with E-state index in [1.54, 1.807) is 6.20 Å². The van der Waals surface area contributed by atoms with Gasteiger partial charge in [-0.15, -0.1) is 0 Å². The van der Waals surface area contributed by atoms with Gasteiger partial charge < -0.3 is 20.3 Å². The lowest BCUT2D eigenvalue weighted by Crippen LogP contribution is -2.47. The molecule has 7 heteroatoms. The Morgan fingerprint density at radius 3 is 2.79 bits per heavy atom. The first-order valence-corrected chi connectivity index (χ1v) is 8.80. The predicted octanol–water partition coefficient (Wildman–Crippen LogP) is 1.52. The monoisotopic (exact) mass is 333 g/mol. The number of pyridine rings is 1. The van der Waals surface area contributed by atoms with E-state index in [4.69, 9.17) is 4.74 Å². The molecule has 1 atom stereocenters. The summed E-state index contributed by atoms with van der Waals surface area (Å²) >= 11 is 0. The Morgan fingerprint density at radius 1 is 1.29 bits per heavy atom. The van der Waals surface area contributed by atoms with Crippen LogP contribution < -0.4 is 15.5 Å². The highest BCUT2D eigenvalue weighted by Gasteiger charge is 2.19. The summed E-state index contributed by atoms with van der Waals surface area (Å²) in [5, 5.41) is 5.92. The molecule has 2 aliphatic heterocycles. The molecule has 2 N–H and O–H groups in total. The zero-order valence-corrected chi connectivity index (χ0v) is 14.3. The minimum Gasteiger partial charge on any atom is -0.379 e. The van der Waals surface area contributed by atoms with E-state index in [1.807, 2.05) is 12.1 Å². The van der Waals surface area contributed by atoms with Gasteiger partial charge in [0, 0.05) is 45.0 Å². The summed E-state index contributed by atoms with van der Waals surface area (Å²) < 4.78 is 5.36. The van der Waals surface area contributed by atoms with E-state index < -0.39 is 0 Å². The van der Waals surface area contributed by atoms with Crippen molar-refractivity contribution in [2.24, 2.45) is 0 Å². The van der Waals surface area contributed by atoms with E-state index in [0.29, 0.717) is 12.6 Å². The standard InChI is InChI=1S/C17H27N5O2/c1-14(21-9-11-24-12-10-21)13-19-17(23)20-15-5-4-6-18-16(15)22-7-2-3-8-22/h4-6,14H,2-3,7-13H2,1H3,(H2,19,20,23). The van der Waals surface area contributed by atoms with Crippen LogP contribution in [-0.2, 0) is 4.74 Å². The lowest BCUT2D eigenvalue weighted by Gasteiger charge is -2.32. The Hall–Kier alpha value is -1.86. The zero-order chi connectivity index (χ0) is 16.8. The van der Waals surface area contributed by atoms with Crippen LogP contribution in [0, 0.1) is 0 Å². The SMILES string of the molecule is CC(CNC(=O)Nc1cccnc1N1CCCC1)N1CCOCC1. The van der Waals surface area contributed by atoms with Gasteiger partial charge >= 0.3 is 6.03 Å². The number of rotatable bonds is 5. The number of hydrogen-bond donors (Lipinski definition) is 2. The van der Waals surface area contributed by atoms with E-state index >= 15 is 0 Å². The molecule has 7 nitrogen and oxygen atoms in total. The number of carbonyl (C=O) groups is 1.